The Bertz CT molecular complexity index is 1020. The minimum absolute atomic E-state index is 0.834. The van der Waals surface area contributed by atoms with Crippen LogP contribution in [-0.4, -0.2) is 15.0 Å². The molecule has 0 aliphatic heterocycles. The van der Waals surface area contributed by atoms with E-state index < -0.39 is 0 Å². The van der Waals surface area contributed by atoms with E-state index in [1.807, 2.05) is 36.4 Å². The van der Waals surface area contributed by atoms with Crippen molar-refractivity contribution in [2.24, 2.45) is 0 Å². The average molecular weight is 329 g/mol. The summed E-state index contributed by atoms with van der Waals surface area (Å²) in [5, 5.41) is 3.04. The van der Waals surface area contributed by atoms with E-state index in [0.29, 0.717) is 0 Å². The van der Waals surface area contributed by atoms with E-state index in [9.17, 15) is 0 Å². The van der Waals surface area contributed by atoms with Gasteiger partial charge in [0, 0.05) is 10.9 Å². The minimum atomic E-state index is 0.834. The first-order valence-corrected chi connectivity index (χ1v) is 8.58. The summed E-state index contributed by atoms with van der Waals surface area (Å²) >= 11 is 1.63. The fourth-order valence-corrected chi connectivity index (χ4v) is 3.15. The molecule has 0 radical (unpaired) electrons. The standard InChI is InChI=1S/C20H15N3S/c1-14-6-8-15(9-7-14)19-13-24-20(23-19)11-10-16-12-21-17-4-2-3-5-18(17)22-16/h2-13H,1H3/b11-10+. The van der Waals surface area contributed by atoms with Gasteiger partial charge in [-0.25, -0.2) is 9.97 Å². The second-order valence-corrected chi connectivity index (χ2v) is 6.44. The first-order valence-electron chi connectivity index (χ1n) is 7.70. The molecular formula is C20H15N3S. The number of benzene rings is 2. The summed E-state index contributed by atoms with van der Waals surface area (Å²) < 4.78 is 0. The third-order valence-electron chi connectivity index (χ3n) is 3.73. The smallest absolute Gasteiger partial charge is 0.116 e. The maximum absolute atomic E-state index is 4.67. The van der Waals surface area contributed by atoms with Crippen LogP contribution < -0.4 is 0 Å². The number of fused-ring (bicyclic) bond motifs is 1. The molecule has 2 aromatic carbocycles. The molecule has 0 unspecified atom stereocenters. The van der Waals surface area contributed by atoms with Crippen molar-refractivity contribution >= 4 is 34.5 Å². The quantitative estimate of drug-likeness (QED) is 0.516. The molecule has 0 aliphatic carbocycles. The Balaban J connectivity index is 1.58. The first-order chi connectivity index (χ1) is 11.8. The van der Waals surface area contributed by atoms with Crippen LogP contribution in [0.3, 0.4) is 0 Å². The van der Waals surface area contributed by atoms with Crippen LogP contribution in [0.5, 0.6) is 0 Å². The van der Waals surface area contributed by atoms with Crippen molar-refractivity contribution in [3.8, 4) is 11.3 Å². The Hall–Kier alpha value is -2.85. The van der Waals surface area contributed by atoms with Gasteiger partial charge < -0.3 is 0 Å². The molecule has 0 amide bonds. The Morgan fingerprint density at radius 1 is 0.875 bits per heavy atom. The zero-order chi connectivity index (χ0) is 16.4. The fourth-order valence-electron chi connectivity index (χ4n) is 2.43. The van der Waals surface area contributed by atoms with Gasteiger partial charge in [0.25, 0.3) is 0 Å². The van der Waals surface area contributed by atoms with Gasteiger partial charge >= 0.3 is 0 Å². The summed E-state index contributed by atoms with van der Waals surface area (Å²) in [5.74, 6) is 0. The van der Waals surface area contributed by atoms with Gasteiger partial charge in [0.05, 0.1) is 28.6 Å². The zero-order valence-electron chi connectivity index (χ0n) is 13.2. The van der Waals surface area contributed by atoms with Crippen LogP contribution in [0.25, 0.3) is 34.4 Å². The normalized spacial score (nSPS) is 11.4. The van der Waals surface area contributed by atoms with E-state index in [2.05, 4.69) is 51.5 Å². The molecule has 2 aromatic heterocycles. The number of hydrogen-bond acceptors (Lipinski definition) is 4. The van der Waals surface area contributed by atoms with Crippen LogP contribution in [0.2, 0.25) is 0 Å². The van der Waals surface area contributed by atoms with Gasteiger partial charge in [-0.05, 0) is 31.2 Å². The molecule has 0 N–H and O–H groups in total. The summed E-state index contributed by atoms with van der Waals surface area (Å²) in [4.78, 5) is 13.7. The Kier molecular flexibility index (Phi) is 3.89. The molecule has 2 heterocycles. The molecule has 24 heavy (non-hydrogen) atoms. The predicted molar refractivity (Wildman–Crippen MR) is 101 cm³/mol. The molecule has 4 rings (SSSR count). The van der Waals surface area contributed by atoms with Gasteiger partial charge in [-0.2, -0.15) is 0 Å². The number of aryl methyl sites for hydroxylation is 1. The van der Waals surface area contributed by atoms with Gasteiger partial charge in [0.1, 0.15) is 5.01 Å². The Morgan fingerprint density at radius 2 is 1.67 bits per heavy atom. The van der Waals surface area contributed by atoms with Crippen molar-refractivity contribution in [2.75, 3.05) is 0 Å². The number of aromatic nitrogens is 3. The monoisotopic (exact) mass is 329 g/mol. The third kappa shape index (κ3) is 3.09. The number of hydrogen-bond donors (Lipinski definition) is 0. The Labute approximate surface area is 144 Å². The highest BCUT2D eigenvalue weighted by molar-refractivity contribution is 7.10. The lowest BCUT2D eigenvalue weighted by atomic mass is 10.1. The topological polar surface area (TPSA) is 38.7 Å². The van der Waals surface area contributed by atoms with Crippen LogP contribution in [-0.2, 0) is 0 Å². The maximum Gasteiger partial charge on any atom is 0.116 e. The van der Waals surface area contributed by atoms with Gasteiger partial charge in [0.15, 0.2) is 0 Å². The lowest BCUT2D eigenvalue weighted by Crippen LogP contribution is -1.86. The molecule has 4 aromatic rings. The van der Waals surface area contributed by atoms with E-state index in [1.165, 1.54) is 5.56 Å². The van der Waals surface area contributed by atoms with Crippen LogP contribution in [0, 0.1) is 6.92 Å². The zero-order valence-corrected chi connectivity index (χ0v) is 14.0. The summed E-state index contributed by atoms with van der Waals surface area (Å²) in [6, 6.07) is 16.3. The minimum Gasteiger partial charge on any atom is -0.252 e. The van der Waals surface area contributed by atoms with E-state index >= 15 is 0 Å². The average Bonchev–Trinajstić information content (AvgIpc) is 3.09. The lowest BCUT2D eigenvalue weighted by Gasteiger charge is -1.97. The predicted octanol–water partition coefficient (Wildman–Crippen LogP) is 5.23. The molecule has 0 aliphatic rings. The van der Waals surface area contributed by atoms with Crippen molar-refractivity contribution in [1.29, 1.82) is 0 Å². The first kappa shape index (κ1) is 14.7. The number of para-hydroxylation sites is 2. The summed E-state index contributed by atoms with van der Waals surface area (Å²) in [5.41, 5.74) is 6.04. The molecule has 0 saturated carbocycles. The maximum atomic E-state index is 4.67. The van der Waals surface area contributed by atoms with E-state index in [1.54, 1.807) is 17.5 Å². The van der Waals surface area contributed by atoms with E-state index in [4.69, 9.17) is 0 Å². The number of rotatable bonds is 3. The van der Waals surface area contributed by atoms with Crippen LogP contribution in [0.15, 0.2) is 60.1 Å². The van der Waals surface area contributed by atoms with Gasteiger partial charge in [0.2, 0.25) is 0 Å². The Morgan fingerprint density at radius 3 is 2.50 bits per heavy atom. The van der Waals surface area contributed by atoms with Crippen LogP contribution >= 0.6 is 11.3 Å². The van der Waals surface area contributed by atoms with Gasteiger partial charge in [-0.1, -0.05) is 42.0 Å². The van der Waals surface area contributed by atoms with Gasteiger partial charge in [-0.3, -0.25) is 4.98 Å². The van der Waals surface area contributed by atoms with Crippen molar-refractivity contribution in [3.05, 3.63) is 76.4 Å². The van der Waals surface area contributed by atoms with Gasteiger partial charge in [-0.15, -0.1) is 11.3 Å². The third-order valence-corrected chi connectivity index (χ3v) is 4.54. The molecule has 0 fully saturated rings. The molecular weight excluding hydrogens is 314 g/mol. The number of thiazole rings is 1. The highest BCUT2D eigenvalue weighted by atomic mass is 32.1. The summed E-state index contributed by atoms with van der Waals surface area (Å²) in [7, 11) is 0. The molecule has 0 saturated heterocycles. The summed E-state index contributed by atoms with van der Waals surface area (Å²) in [6.45, 7) is 2.09. The molecule has 116 valence electrons. The second-order valence-electron chi connectivity index (χ2n) is 5.55. The van der Waals surface area contributed by atoms with Crippen molar-refractivity contribution in [3.63, 3.8) is 0 Å². The highest BCUT2D eigenvalue weighted by Gasteiger charge is 2.03. The largest absolute Gasteiger partial charge is 0.252 e. The van der Waals surface area contributed by atoms with Crippen LogP contribution in [0.4, 0.5) is 0 Å². The fraction of sp³-hybridized carbons (Fsp3) is 0.0500. The van der Waals surface area contributed by atoms with E-state index in [0.717, 1.165) is 33.0 Å². The lowest BCUT2D eigenvalue weighted by molar-refractivity contribution is 1.27. The number of nitrogens with zero attached hydrogens (tertiary/aromatic N) is 3. The van der Waals surface area contributed by atoms with Crippen molar-refractivity contribution < 1.29 is 0 Å². The molecule has 0 spiro atoms. The van der Waals surface area contributed by atoms with Crippen molar-refractivity contribution in [2.45, 2.75) is 6.92 Å². The molecule has 4 heteroatoms. The highest BCUT2D eigenvalue weighted by Crippen LogP contribution is 2.23. The molecule has 0 atom stereocenters. The van der Waals surface area contributed by atoms with E-state index in [-0.39, 0.29) is 0 Å². The second kappa shape index (κ2) is 6.34. The molecule has 3 nitrogen and oxygen atoms in total. The summed E-state index contributed by atoms with van der Waals surface area (Å²) in [6.07, 6.45) is 5.73. The van der Waals surface area contributed by atoms with Crippen LogP contribution in [0.1, 0.15) is 16.3 Å². The molecule has 0 bridgehead atoms. The SMILES string of the molecule is Cc1ccc(-c2csc(/C=C/c3cnc4ccccc4n3)n2)cc1. The van der Waals surface area contributed by atoms with Crippen molar-refractivity contribution in [1.82, 2.24) is 15.0 Å².